The number of rotatable bonds is 7. The van der Waals surface area contributed by atoms with E-state index in [1.807, 2.05) is 90.7 Å². The molecule has 156 valence electrons. The number of hydrogen-bond acceptors (Lipinski definition) is 3. The molecule has 0 aliphatic carbocycles. The van der Waals surface area contributed by atoms with E-state index in [4.69, 9.17) is 5.10 Å². The zero-order valence-electron chi connectivity index (χ0n) is 17.5. The Morgan fingerprint density at radius 1 is 0.903 bits per heavy atom. The molecule has 1 N–H and O–H groups in total. The van der Waals surface area contributed by atoms with Gasteiger partial charge in [-0.15, -0.1) is 0 Å². The zero-order valence-corrected chi connectivity index (χ0v) is 17.5. The van der Waals surface area contributed by atoms with Crippen LogP contribution in [0.5, 0.6) is 5.75 Å². The summed E-state index contributed by atoms with van der Waals surface area (Å²) in [6.45, 7) is 0.455. The van der Waals surface area contributed by atoms with Crippen molar-refractivity contribution in [2.45, 2.75) is 19.4 Å². The van der Waals surface area contributed by atoms with Crippen molar-refractivity contribution in [2.24, 2.45) is 0 Å². The van der Waals surface area contributed by atoms with Gasteiger partial charge in [-0.2, -0.15) is 5.10 Å². The third-order valence-corrected chi connectivity index (χ3v) is 5.29. The van der Waals surface area contributed by atoms with E-state index in [9.17, 15) is 9.90 Å². The molecule has 1 heterocycles. The summed E-state index contributed by atoms with van der Waals surface area (Å²) in [6.07, 6.45) is 2.83. The third-order valence-electron chi connectivity index (χ3n) is 5.29. The molecule has 0 spiro atoms. The highest BCUT2D eigenvalue weighted by molar-refractivity contribution is 5.76. The summed E-state index contributed by atoms with van der Waals surface area (Å²) < 4.78 is 1.86. The molecule has 4 rings (SSSR count). The quantitative estimate of drug-likeness (QED) is 0.474. The maximum atomic E-state index is 12.8. The van der Waals surface area contributed by atoms with Gasteiger partial charge in [0.25, 0.3) is 0 Å². The van der Waals surface area contributed by atoms with Gasteiger partial charge in [-0.25, -0.2) is 4.68 Å². The Kier molecular flexibility index (Phi) is 6.13. The first-order valence-electron chi connectivity index (χ1n) is 10.3. The van der Waals surface area contributed by atoms with Crippen molar-refractivity contribution in [2.75, 3.05) is 7.05 Å². The van der Waals surface area contributed by atoms with Crippen LogP contribution in [0, 0.1) is 0 Å². The van der Waals surface area contributed by atoms with E-state index in [1.165, 1.54) is 0 Å². The van der Waals surface area contributed by atoms with Gasteiger partial charge in [0, 0.05) is 37.3 Å². The van der Waals surface area contributed by atoms with Crippen LogP contribution < -0.4 is 0 Å². The first kappa shape index (κ1) is 20.4. The number of para-hydroxylation sites is 2. The van der Waals surface area contributed by atoms with Gasteiger partial charge < -0.3 is 10.0 Å². The van der Waals surface area contributed by atoms with Crippen LogP contribution in [0.2, 0.25) is 0 Å². The minimum atomic E-state index is 0.0229. The van der Waals surface area contributed by atoms with Crippen molar-refractivity contribution in [1.29, 1.82) is 0 Å². The lowest BCUT2D eigenvalue weighted by molar-refractivity contribution is -0.130. The van der Waals surface area contributed by atoms with E-state index in [2.05, 4.69) is 0 Å². The topological polar surface area (TPSA) is 58.4 Å². The molecule has 0 bridgehead atoms. The van der Waals surface area contributed by atoms with Gasteiger partial charge in [0.2, 0.25) is 5.91 Å². The van der Waals surface area contributed by atoms with Crippen LogP contribution in [-0.2, 0) is 17.8 Å². The monoisotopic (exact) mass is 411 g/mol. The molecule has 0 saturated carbocycles. The third kappa shape index (κ3) is 4.83. The number of aromatic nitrogens is 2. The van der Waals surface area contributed by atoms with E-state index >= 15 is 0 Å². The molecule has 3 aromatic carbocycles. The van der Waals surface area contributed by atoms with Crippen LogP contribution in [0.25, 0.3) is 16.9 Å². The van der Waals surface area contributed by atoms with Crippen molar-refractivity contribution in [3.63, 3.8) is 0 Å². The number of aryl methyl sites for hydroxylation is 1. The number of nitrogens with zero attached hydrogens (tertiary/aromatic N) is 3. The van der Waals surface area contributed by atoms with Gasteiger partial charge in [-0.05, 0) is 30.2 Å². The summed E-state index contributed by atoms with van der Waals surface area (Å²) in [5, 5.41) is 14.7. The van der Waals surface area contributed by atoms with Gasteiger partial charge >= 0.3 is 0 Å². The fourth-order valence-corrected chi connectivity index (χ4v) is 3.58. The number of carbonyl (C=O) groups excluding carboxylic acids is 1. The molecule has 0 radical (unpaired) electrons. The van der Waals surface area contributed by atoms with Gasteiger partial charge in [0.15, 0.2) is 0 Å². The predicted molar refractivity (Wildman–Crippen MR) is 122 cm³/mol. The van der Waals surface area contributed by atoms with Gasteiger partial charge in [-0.3, -0.25) is 4.79 Å². The van der Waals surface area contributed by atoms with Crippen LogP contribution in [0.15, 0.2) is 91.1 Å². The smallest absolute Gasteiger partial charge is 0.222 e. The predicted octanol–water partition coefficient (Wildman–Crippen LogP) is 4.84. The van der Waals surface area contributed by atoms with Crippen molar-refractivity contribution in [3.05, 3.63) is 102 Å². The second-order valence-corrected chi connectivity index (χ2v) is 7.53. The Morgan fingerprint density at radius 2 is 1.55 bits per heavy atom. The highest BCUT2D eigenvalue weighted by atomic mass is 16.3. The molecule has 5 heteroatoms. The van der Waals surface area contributed by atoms with Crippen LogP contribution in [0.4, 0.5) is 0 Å². The number of phenols is 1. The molecule has 0 fully saturated rings. The SMILES string of the molecule is CN(Cc1cn(-c2ccccc2)nc1-c1ccccc1)C(=O)CCc1ccccc1O. The number of benzene rings is 3. The van der Waals surface area contributed by atoms with E-state index in [0.717, 1.165) is 28.1 Å². The van der Waals surface area contributed by atoms with Crippen LogP contribution in [0.3, 0.4) is 0 Å². The first-order valence-corrected chi connectivity index (χ1v) is 10.3. The minimum absolute atomic E-state index is 0.0229. The molecule has 0 aliphatic rings. The Bertz CT molecular complexity index is 1150. The fraction of sp³-hybridized carbons (Fsp3) is 0.154. The summed E-state index contributed by atoms with van der Waals surface area (Å²) in [5.74, 6) is 0.253. The number of phenolic OH excluding ortho intramolecular Hbond substituents is 1. The highest BCUT2D eigenvalue weighted by Gasteiger charge is 2.17. The summed E-state index contributed by atoms with van der Waals surface area (Å²) in [7, 11) is 1.81. The fourth-order valence-electron chi connectivity index (χ4n) is 3.58. The molecular weight excluding hydrogens is 386 g/mol. The molecule has 0 aliphatic heterocycles. The normalized spacial score (nSPS) is 10.7. The highest BCUT2D eigenvalue weighted by Crippen LogP contribution is 2.25. The van der Waals surface area contributed by atoms with Crippen LogP contribution in [0.1, 0.15) is 17.5 Å². The summed E-state index contributed by atoms with van der Waals surface area (Å²) in [5.41, 5.74) is 4.62. The number of carbonyl (C=O) groups is 1. The number of aromatic hydroxyl groups is 1. The lowest BCUT2D eigenvalue weighted by Crippen LogP contribution is -2.26. The Hall–Kier alpha value is -3.86. The average molecular weight is 412 g/mol. The van der Waals surface area contributed by atoms with Crippen molar-refractivity contribution >= 4 is 5.91 Å². The van der Waals surface area contributed by atoms with Crippen molar-refractivity contribution < 1.29 is 9.90 Å². The van der Waals surface area contributed by atoms with E-state index in [-0.39, 0.29) is 11.7 Å². The van der Waals surface area contributed by atoms with E-state index in [1.54, 1.807) is 17.0 Å². The first-order chi connectivity index (χ1) is 15.1. The molecule has 0 saturated heterocycles. The Balaban J connectivity index is 1.54. The molecule has 0 atom stereocenters. The van der Waals surface area contributed by atoms with Crippen LogP contribution >= 0.6 is 0 Å². The van der Waals surface area contributed by atoms with E-state index < -0.39 is 0 Å². The standard InChI is InChI=1S/C26H25N3O2/c1-28(25(31)17-16-20-10-8-9-15-24(20)30)18-22-19-29(23-13-6-3-7-14-23)27-26(22)21-11-4-2-5-12-21/h2-15,19,30H,16-18H2,1H3. The lowest BCUT2D eigenvalue weighted by atomic mass is 10.1. The van der Waals surface area contributed by atoms with Gasteiger partial charge in [0.05, 0.1) is 11.4 Å². The molecule has 1 amide bonds. The lowest BCUT2D eigenvalue weighted by Gasteiger charge is -2.17. The number of amides is 1. The number of hydrogen-bond donors (Lipinski definition) is 1. The average Bonchev–Trinajstić information content (AvgIpc) is 3.23. The second kappa shape index (κ2) is 9.30. The Labute approximate surface area is 182 Å². The maximum Gasteiger partial charge on any atom is 0.222 e. The zero-order chi connectivity index (χ0) is 21.6. The van der Waals surface area contributed by atoms with Crippen LogP contribution in [-0.4, -0.2) is 32.7 Å². The largest absolute Gasteiger partial charge is 0.508 e. The van der Waals surface area contributed by atoms with Gasteiger partial charge in [0.1, 0.15) is 5.75 Å². The van der Waals surface area contributed by atoms with Crippen molar-refractivity contribution in [1.82, 2.24) is 14.7 Å². The molecule has 0 unspecified atom stereocenters. The molecule has 5 nitrogen and oxygen atoms in total. The molecule has 1 aromatic heterocycles. The molecule has 4 aromatic rings. The summed E-state index contributed by atoms with van der Waals surface area (Å²) >= 11 is 0. The second-order valence-electron chi connectivity index (χ2n) is 7.53. The minimum Gasteiger partial charge on any atom is -0.508 e. The summed E-state index contributed by atoms with van der Waals surface area (Å²) in [4.78, 5) is 14.5. The van der Waals surface area contributed by atoms with Crippen molar-refractivity contribution in [3.8, 4) is 22.7 Å². The van der Waals surface area contributed by atoms with Gasteiger partial charge in [-0.1, -0.05) is 66.7 Å². The Morgan fingerprint density at radius 3 is 2.26 bits per heavy atom. The summed E-state index contributed by atoms with van der Waals surface area (Å²) in [6, 6.07) is 27.1. The molecular formula is C26H25N3O2. The maximum absolute atomic E-state index is 12.8. The molecule has 31 heavy (non-hydrogen) atoms. The van der Waals surface area contributed by atoms with E-state index in [0.29, 0.717) is 19.4 Å².